The molecule has 1 aliphatic heterocycles. The first-order valence-electron chi connectivity index (χ1n) is 6.95. The van der Waals surface area contributed by atoms with Crippen molar-refractivity contribution in [2.45, 2.75) is 32.4 Å². The zero-order valence-corrected chi connectivity index (χ0v) is 14.1. The van der Waals surface area contributed by atoms with E-state index < -0.39 is 10.8 Å². The maximum absolute atomic E-state index is 12.3. The molecule has 1 aromatic carbocycles. The summed E-state index contributed by atoms with van der Waals surface area (Å²) >= 11 is 5.97. The van der Waals surface area contributed by atoms with Gasteiger partial charge in [-0.05, 0) is 43.4 Å². The number of hydrogen-bond donors (Lipinski definition) is 1. The van der Waals surface area contributed by atoms with Gasteiger partial charge >= 0.3 is 0 Å². The highest BCUT2D eigenvalue weighted by Crippen LogP contribution is 2.39. The highest BCUT2D eigenvalue weighted by atomic mass is 35.5. The van der Waals surface area contributed by atoms with E-state index in [9.17, 15) is 9.00 Å². The van der Waals surface area contributed by atoms with Gasteiger partial charge in [-0.2, -0.15) is 0 Å². The Bertz CT molecular complexity index is 583. The van der Waals surface area contributed by atoms with Crippen LogP contribution in [0.3, 0.4) is 0 Å². The smallest absolute Gasteiger partial charge is 0.256 e. The quantitative estimate of drug-likeness (QED) is 0.849. The standard InChI is InChI=1S/C13H15ClN2O.C2H6OS/c1-7(8-2-3-8)16-6-9-4-10(14)5-11(15)12(9)13(16)17;1-4(2)3/h4-5,7-8H,2-3,6,15H2,1H3;1-2H3. The number of nitrogens with zero attached hydrogens (tertiary/aromatic N) is 1. The van der Waals surface area contributed by atoms with Crippen molar-refractivity contribution in [3.63, 3.8) is 0 Å². The predicted molar refractivity (Wildman–Crippen MR) is 87.9 cm³/mol. The van der Waals surface area contributed by atoms with E-state index in [0.29, 0.717) is 34.8 Å². The van der Waals surface area contributed by atoms with Crippen LogP contribution in [0.4, 0.5) is 5.69 Å². The van der Waals surface area contributed by atoms with Crippen LogP contribution in [0.2, 0.25) is 5.02 Å². The number of fused-ring (bicyclic) bond motifs is 1. The molecule has 1 fully saturated rings. The summed E-state index contributed by atoms with van der Waals surface area (Å²) in [4.78, 5) is 14.2. The Morgan fingerprint density at radius 2 is 1.95 bits per heavy atom. The molecule has 1 heterocycles. The van der Waals surface area contributed by atoms with E-state index >= 15 is 0 Å². The van der Waals surface area contributed by atoms with Gasteiger partial charge in [-0.3, -0.25) is 9.00 Å². The van der Waals surface area contributed by atoms with Crippen molar-refractivity contribution >= 4 is 34.0 Å². The second-order valence-corrected chi connectivity index (χ2v) is 7.70. The van der Waals surface area contributed by atoms with Gasteiger partial charge in [0.25, 0.3) is 5.91 Å². The summed E-state index contributed by atoms with van der Waals surface area (Å²) < 4.78 is 9.56. The Labute approximate surface area is 133 Å². The molecule has 1 aromatic rings. The molecule has 4 nitrogen and oxygen atoms in total. The molecular weight excluding hydrogens is 308 g/mol. The lowest BCUT2D eigenvalue weighted by molar-refractivity contribution is 0.0698. The lowest BCUT2D eigenvalue weighted by Crippen LogP contribution is -2.34. The molecule has 1 aliphatic carbocycles. The second kappa shape index (κ2) is 6.36. The lowest BCUT2D eigenvalue weighted by Gasteiger charge is -2.23. The number of amides is 1. The topological polar surface area (TPSA) is 63.4 Å². The molecule has 1 atom stereocenters. The number of nitrogens with two attached hydrogens (primary N) is 1. The van der Waals surface area contributed by atoms with Crippen LogP contribution in [0.5, 0.6) is 0 Å². The van der Waals surface area contributed by atoms with E-state index in [0.717, 1.165) is 5.56 Å². The first kappa shape index (κ1) is 16.3. The van der Waals surface area contributed by atoms with Crippen LogP contribution < -0.4 is 5.73 Å². The van der Waals surface area contributed by atoms with Crippen LogP contribution in [0.1, 0.15) is 35.7 Å². The number of carbonyl (C=O) groups excluding carboxylic acids is 1. The van der Waals surface area contributed by atoms with Crippen LogP contribution in [0.25, 0.3) is 0 Å². The summed E-state index contributed by atoms with van der Waals surface area (Å²) in [6.07, 6.45) is 5.75. The average molecular weight is 329 g/mol. The highest BCUT2D eigenvalue weighted by molar-refractivity contribution is 7.83. The molecule has 116 valence electrons. The predicted octanol–water partition coefficient (Wildman–Crippen LogP) is 2.67. The van der Waals surface area contributed by atoms with Gasteiger partial charge in [-0.15, -0.1) is 0 Å². The van der Waals surface area contributed by atoms with E-state index in [1.165, 1.54) is 12.8 Å². The van der Waals surface area contributed by atoms with E-state index in [-0.39, 0.29) is 5.91 Å². The van der Waals surface area contributed by atoms with Crippen LogP contribution in [0, 0.1) is 5.92 Å². The van der Waals surface area contributed by atoms with Crippen LogP contribution in [-0.4, -0.2) is 33.6 Å². The Morgan fingerprint density at radius 3 is 2.48 bits per heavy atom. The molecule has 3 rings (SSSR count). The molecule has 0 spiro atoms. The third kappa shape index (κ3) is 3.77. The molecule has 0 bridgehead atoms. The van der Waals surface area contributed by atoms with Gasteiger partial charge in [-0.25, -0.2) is 0 Å². The summed E-state index contributed by atoms with van der Waals surface area (Å²) in [6.45, 7) is 2.77. The molecule has 0 radical (unpaired) electrons. The van der Waals surface area contributed by atoms with Crippen molar-refractivity contribution < 1.29 is 9.00 Å². The minimum absolute atomic E-state index is 0.0635. The Hall–Kier alpha value is -1.07. The van der Waals surface area contributed by atoms with Gasteiger partial charge in [0.2, 0.25) is 0 Å². The second-order valence-electron chi connectivity index (χ2n) is 5.78. The van der Waals surface area contributed by atoms with E-state index in [1.54, 1.807) is 18.6 Å². The van der Waals surface area contributed by atoms with Crippen LogP contribution in [0.15, 0.2) is 12.1 Å². The van der Waals surface area contributed by atoms with E-state index in [1.807, 2.05) is 11.0 Å². The maximum atomic E-state index is 12.3. The number of carbonyl (C=O) groups is 1. The molecule has 6 heteroatoms. The number of hydrogen-bond acceptors (Lipinski definition) is 3. The highest BCUT2D eigenvalue weighted by Gasteiger charge is 2.39. The summed E-state index contributed by atoms with van der Waals surface area (Å²) in [5, 5.41) is 0.606. The maximum Gasteiger partial charge on any atom is 0.256 e. The van der Waals surface area contributed by atoms with Crippen molar-refractivity contribution in [1.29, 1.82) is 0 Å². The molecule has 21 heavy (non-hydrogen) atoms. The molecule has 1 saturated carbocycles. The third-order valence-electron chi connectivity index (χ3n) is 3.83. The molecule has 0 aromatic heterocycles. The lowest BCUT2D eigenvalue weighted by atomic mass is 10.1. The van der Waals surface area contributed by atoms with Crippen molar-refractivity contribution in [1.82, 2.24) is 4.90 Å². The summed E-state index contributed by atoms with van der Waals surface area (Å²) in [5.74, 6) is 0.735. The van der Waals surface area contributed by atoms with Crippen LogP contribution >= 0.6 is 11.6 Å². The normalized spacial score (nSPS) is 18.3. The minimum Gasteiger partial charge on any atom is -0.398 e. The monoisotopic (exact) mass is 328 g/mol. The first-order valence-corrected chi connectivity index (χ1v) is 9.29. The van der Waals surface area contributed by atoms with Gasteiger partial charge in [0.1, 0.15) is 0 Å². The average Bonchev–Trinajstić information content (AvgIpc) is 3.13. The fourth-order valence-electron chi connectivity index (χ4n) is 2.63. The molecule has 0 saturated heterocycles. The molecule has 1 unspecified atom stereocenters. The Morgan fingerprint density at radius 1 is 1.38 bits per heavy atom. The number of anilines is 1. The fraction of sp³-hybridized carbons (Fsp3) is 0.533. The van der Waals surface area contributed by atoms with Gasteiger partial charge in [0.15, 0.2) is 0 Å². The zero-order chi connectivity index (χ0) is 15.7. The van der Waals surface area contributed by atoms with E-state index in [2.05, 4.69) is 6.92 Å². The summed E-state index contributed by atoms with van der Waals surface area (Å²) in [5.41, 5.74) is 8.01. The van der Waals surface area contributed by atoms with Crippen molar-refractivity contribution in [2.24, 2.45) is 5.92 Å². The number of benzene rings is 1. The largest absolute Gasteiger partial charge is 0.398 e. The van der Waals surface area contributed by atoms with Gasteiger partial charge < -0.3 is 10.6 Å². The number of halogens is 1. The molecule has 2 N–H and O–H groups in total. The first-order chi connectivity index (χ1) is 9.81. The number of rotatable bonds is 2. The van der Waals surface area contributed by atoms with Gasteiger partial charge in [0, 0.05) is 46.6 Å². The Balaban J connectivity index is 0.000000361. The molecular formula is C15H21ClN2O2S. The van der Waals surface area contributed by atoms with E-state index in [4.69, 9.17) is 17.3 Å². The molecule has 1 amide bonds. The van der Waals surface area contributed by atoms with Crippen molar-refractivity contribution in [3.8, 4) is 0 Å². The summed E-state index contributed by atoms with van der Waals surface area (Å²) in [7, 11) is -0.611. The van der Waals surface area contributed by atoms with Crippen LogP contribution in [-0.2, 0) is 17.3 Å². The van der Waals surface area contributed by atoms with Gasteiger partial charge in [0.05, 0.1) is 5.56 Å². The van der Waals surface area contributed by atoms with Crippen molar-refractivity contribution in [2.75, 3.05) is 18.2 Å². The SMILES string of the molecule is CC(C1CC1)N1Cc2cc(Cl)cc(N)c2C1=O.CS(C)=O. The third-order valence-corrected chi connectivity index (χ3v) is 4.04. The fourth-order valence-corrected chi connectivity index (χ4v) is 2.88. The molecule has 2 aliphatic rings. The van der Waals surface area contributed by atoms with Crippen molar-refractivity contribution in [3.05, 3.63) is 28.3 Å². The van der Waals surface area contributed by atoms with Gasteiger partial charge in [-0.1, -0.05) is 11.6 Å². The zero-order valence-electron chi connectivity index (χ0n) is 12.6. The number of nitrogen functional groups attached to an aromatic ring is 1. The summed E-state index contributed by atoms with van der Waals surface area (Å²) in [6, 6.07) is 3.82. The Kier molecular flexibility index (Phi) is 4.94. The minimum atomic E-state index is -0.611.